The van der Waals surface area contributed by atoms with Gasteiger partial charge in [-0.2, -0.15) is 0 Å². The van der Waals surface area contributed by atoms with Gasteiger partial charge in [-0.25, -0.2) is 9.59 Å². The van der Waals surface area contributed by atoms with E-state index in [1.807, 2.05) is 6.92 Å². The van der Waals surface area contributed by atoms with Crippen molar-refractivity contribution in [2.45, 2.75) is 32.2 Å². The number of imide groups is 1. The molecule has 0 fully saturated rings. The molecule has 204 valence electrons. The van der Waals surface area contributed by atoms with Crippen molar-refractivity contribution in [3.05, 3.63) is 58.1 Å². The van der Waals surface area contributed by atoms with Gasteiger partial charge in [0.15, 0.2) is 0 Å². The van der Waals surface area contributed by atoms with E-state index in [2.05, 4.69) is 20.6 Å². The molecule has 3 rings (SSSR count). The number of carboxylic acid groups (broad SMARTS) is 1. The van der Waals surface area contributed by atoms with Crippen LogP contribution in [0.3, 0.4) is 0 Å². The summed E-state index contributed by atoms with van der Waals surface area (Å²) in [6.07, 6.45) is 1.25. The molecule has 5 N–H and O–H groups in total. The van der Waals surface area contributed by atoms with Crippen LogP contribution in [0.4, 0.5) is 10.5 Å². The molecule has 3 amide bonds. The maximum absolute atomic E-state index is 13.7. The lowest BCUT2D eigenvalue weighted by atomic mass is 9.97. The highest BCUT2D eigenvalue weighted by Gasteiger charge is 2.34. The van der Waals surface area contributed by atoms with Gasteiger partial charge in [0, 0.05) is 10.7 Å². The number of nitrogens with one attached hydrogen (secondary N) is 2. The zero-order valence-electron chi connectivity index (χ0n) is 24.0. The van der Waals surface area contributed by atoms with Crippen molar-refractivity contribution in [2.24, 2.45) is 10.9 Å². The molecule has 0 aromatic heterocycles. The summed E-state index contributed by atoms with van der Waals surface area (Å²) >= 11 is 6.17. The van der Waals surface area contributed by atoms with E-state index in [0.29, 0.717) is 34.7 Å². The molecule has 0 radical (unpaired) electrons. The monoisotopic (exact) mass is 548 g/mol. The summed E-state index contributed by atoms with van der Waals surface area (Å²) in [5.74, 6) is -2.10. The number of amidine groups is 1. The van der Waals surface area contributed by atoms with Gasteiger partial charge in [0.05, 0.1) is 48.9 Å². The number of rotatable bonds is 9. The van der Waals surface area contributed by atoms with Gasteiger partial charge >= 0.3 is 12.0 Å². The topological polar surface area (TPSA) is 156 Å². The first kappa shape index (κ1) is 24.5. The Morgan fingerprint density at radius 1 is 1.34 bits per heavy atom. The lowest BCUT2D eigenvalue weighted by Gasteiger charge is -2.27. The van der Waals surface area contributed by atoms with Crippen LogP contribution in [0.2, 0.25) is 5.02 Å². The SMILES string of the molecule is [2H]C([2H])([2H])ONC1=NC[C@H](Cc2cc(Cl)ccc2OC)C(=O)N(C(=O)N[C@H](CCC)c2ccc(C(=O)O)c(N)c2)C1. The maximum Gasteiger partial charge on any atom is 0.337 e. The predicted octanol–water partition coefficient (Wildman–Crippen LogP) is 3.43. The van der Waals surface area contributed by atoms with Crippen molar-refractivity contribution >= 4 is 41.0 Å². The smallest absolute Gasteiger partial charge is 0.337 e. The van der Waals surface area contributed by atoms with Crippen molar-refractivity contribution in [1.29, 1.82) is 0 Å². The number of carbonyl (C=O) groups excluding carboxylic acids is 2. The average Bonchev–Trinajstić information content (AvgIpc) is 3.05. The van der Waals surface area contributed by atoms with E-state index in [4.69, 9.17) is 26.2 Å². The van der Waals surface area contributed by atoms with Crippen molar-refractivity contribution < 1.29 is 33.2 Å². The van der Waals surface area contributed by atoms with Gasteiger partial charge in [0.1, 0.15) is 11.6 Å². The number of carboxylic acids is 1. The van der Waals surface area contributed by atoms with E-state index in [1.54, 1.807) is 24.3 Å². The number of carbonyl (C=O) groups is 3. The summed E-state index contributed by atoms with van der Waals surface area (Å²) in [4.78, 5) is 48.6. The molecule has 0 spiro atoms. The van der Waals surface area contributed by atoms with Gasteiger partial charge < -0.3 is 20.9 Å². The normalized spacial score (nSPS) is 17.8. The van der Waals surface area contributed by atoms with Gasteiger partial charge in [0.25, 0.3) is 0 Å². The quantitative estimate of drug-likeness (QED) is 0.274. The molecule has 0 saturated carbocycles. The molecule has 0 unspecified atom stereocenters. The number of amides is 3. The highest BCUT2D eigenvalue weighted by molar-refractivity contribution is 6.30. The Balaban J connectivity index is 1.91. The first-order valence-electron chi connectivity index (χ1n) is 13.4. The fraction of sp³-hybridized carbons (Fsp3) is 0.385. The zero-order valence-corrected chi connectivity index (χ0v) is 21.7. The number of hydroxylamine groups is 1. The molecule has 0 saturated heterocycles. The summed E-state index contributed by atoms with van der Waals surface area (Å²) in [7, 11) is -1.31. The van der Waals surface area contributed by atoms with Crippen LogP contribution in [0.25, 0.3) is 0 Å². The second-order valence-corrected chi connectivity index (χ2v) is 9.15. The lowest BCUT2D eigenvalue weighted by Crippen LogP contribution is -2.50. The number of aromatic carboxylic acids is 1. The Morgan fingerprint density at radius 2 is 2.13 bits per heavy atom. The van der Waals surface area contributed by atoms with Crippen molar-refractivity contribution in [2.75, 3.05) is 33.0 Å². The second kappa shape index (κ2) is 13.1. The van der Waals surface area contributed by atoms with Crippen LogP contribution >= 0.6 is 11.6 Å². The number of methoxy groups -OCH3 is 1. The van der Waals surface area contributed by atoms with Crippen LogP contribution in [0.15, 0.2) is 41.4 Å². The molecule has 11 nitrogen and oxygen atoms in total. The summed E-state index contributed by atoms with van der Waals surface area (Å²) in [5.41, 5.74) is 9.33. The van der Waals surface area contributed by atoms with Gasteiger partial charge in [0.2, 0.25) is 5.91 Å². The van der Waals surface area contributed by atoms with Gasteiger partial charge in [-0.1, -0.05) is 31.0 Å². The number of anilines is 1. The molecular weight excluding hydrogens is 514 g/mol. The van der Waals surface area contributed by atoms with E-state index < -0.39 is 36.9 Å². The van der Waals surface area contributed by atoms with Crippen LogP contribution in [-0.4, -0.2) is 61.0 Å². The number of urea groups is 1. The Hall–Kier alpha value is -3.83. The minimum Gasteiger partial charge on any atom is -0.496 e. The number of nitrogens with two attached hydrogens (primary N) is 1. The van der Waals surface area contributed by atoms with E-state index in [-0.39, 0.29) is 36.6 Å². The number of hydrogen-bond acceptors (Lipinski definition) is 8. The first-order chi connectivity index (χ1) is 19.3. The number of benzene rings is 2. The number of nitrogen functional groups attached to an aromatic ring is 1. The van der Waals surface area contributed by atoms with Crippen LogP contribution in [0.1, 0.15) is 51.4 Å². The first-order valence-corrected chi connectivity index (χ1v) is 12.2. The maximum atomic E-state index is 13.7. The molecule has 12 heteroatoms. The van der Waals surface area contributed by atoms with Crippen LogP contribution in [0, 0.1) is 5.92 Å². The summed E-state index contributed by atoms with van der Waals surface area (Å²) in [5, 5.41) is 12.6. The Morgan fingerprint density at radius 3 is 2.79 bits per heavy atom. The van der Waals surface area contributed by atoms with Gasteiger partial charge in [-0.05, 0) is 54.3 Å². The lowest BCUT2D eigenvalue weighted by molar-refractivity contribution is -0.131. The molecule has 38 heavy (non-hydrogen) atoms. The third-order valence-corrected chi connectivity index (χ3v) is 6.37. The standard InChI is InChI=1S/C26H32ClN5O6/c1-4-5-21(15-6-8-19(25(34)35)20(28)12-15)30-26(36)32-14-23(31-38-3)29-13-17(24(32)33)10-16-11-18(27)7-9-22(16)37-2/h6-9,11-12,17,21H,4-5,10,13-14,28H2,1-3H3,(H,29,31)(H,30,36)(H,34,35)/t17-,21+/m0/s1/i3D3. The number of ether oxygens (including phenoxy) is 1. The number of aliphatic imine (C=N–C) groups is 1. The van der Waals surface area contributed by atoms with Crippen molar-refractivity contribution in [1.82, 2.24) is 15.7 Å². The van der Waals surface area contributed by atoms with E-state index in [9.17, 15) is 19.5 Å². The number of hydrogen-bond donors (Lipinski definition) is 4. The second-order valence-electron chi connectivity index (χ2n) is 8.72. The minimum absolute atomic E-state index is 0.0344. The molecule has 2 atom stereocenters. The fourth-order valence-electron chi connectivity index (χ4n) is 4.25. The van der Waals surface area contributed by atoms with Crippen LogP contribution in [0.5, 0.6) is 5.75 Å². The summed E-state index contributed by atoms with van der Waals surface area (Å²) < 4.78 is 27.3. The highest BCUT2D eigenvalue weighted by Crippen LogP contribution is 2.28. The third kappa shape index (κ3) is 6.93. The third-order valence-electron chi connectivity index (χ3n) is 6.13. The minimum atomic E-state index is -2.80. The van der Waals surface area contributed by atoms with E-state index >= 15 is 0 Å². The average molecular weight is 549 g/mol. The van der Waals surface area contributed by atoms with E-state index in [0.717, 1.165) is 4.90 Å². The molecule has 0 aliphatic carbocycles. The molecular formula is C26H32ClN5O6. The molecule has 1 heterocycles. The molecule has 1 aliphatic rings. The summed E-state index contributed by atoms with van der Waals surface area (Å²) in [6.45, 7) is 1.44. The Labute approximate surface area is 230 Å². The number of nitrogens with zero attached hydrogens (tertiary/aromatic N) is 2. The van der Waals surface area contributed by atoms with Crippen LogP contribution < -0.4 is 21.3 Å². The van der Waals surface area contributed by atoms with E-state index in [1.165, 1.54) is 19.2 Å². The Bertz CT molecular complexity index is 1320. The Kier molecular flexibility index (Phi) is 8.45. The number of halogens is 1. The van der Waals surface area contributed by atoms with Crippen molar-refractivity contribution in [3.8, 4) is 5.75 Å². The highest BCUT2D eigenvalue weighted by atomic mass is 35.5. The predicted molar refractivity (Wildman–Crippen MR) is 143 cm³/mol. The molecule has 2 aromatic carbocycles. The van der Waals surface area contributed by atoms with Gasteiger partial charge in [-0.15, -0.1) is 0 Å². The van der Waals surface area contributed by atoms with Gasteiger partial charge in [-0.3, -0.25) is 25.0 Å². The summed E-state index contributed by atoms with van der Waals surface area (Å²) in [6, 6.07) is 7.99. The fourth-order valence-corrected chi connectivity index (χ4v) is 4.44. The van der Waals surface area contributed by atoms with Crippen LogP contribution in [-0.2, 0) is 16.1 Å². The van der Waals surface area contributed by atoms with Crippen molar-refractivity contribution in [3.63, 3.8) is 0 Å². The molecule has 2 aromatic rings. The largest absolute Gasteiger partial charge is 0.496 e. The molecule has 0 bridgehead atoms. The molecule has 1 aliphatic heterocycles. The zero-order chi connectivity index (χ0) is 30.3.